The molecule has 37 heavy (non-hydrogen) atoms. The number of aromatic nitrogens is 1. The standard InChI is InChI=1S/C23H24ClFN4O6S2/c1-35-23(32)18-19(13-4-8-29(9-5-13)37(33,34)11-6-17(30)31)27-21(22-26-7-10-36-22)28-20(18)15-3-2-14(25)12-16(15)24/h2-3,7,10,12-13,20H,4-6,8-9,11H2,1H3,(H,27,28)(H,30,31). The zero-order valence-corrected chi connectivity index (χ0v) is 22.1. The number of amidine groups is 1. The number of nitrogens with one attached hydrogen (secondary N) is 1. The van der Waals surface area contributed by atoms with Crippen LogP contribution in [0.3, 0.4) is 0 Å². The molecule has 2 aromatic rings. The average Bonchev–Trinajstić information content (AvgIpc) is 3.42. The second-order valence-corrected chi connectivity index (χ2v) is 11.9. The van der Waals surface area contributed by atoms with Crippen molar-refractivity contribution in [1.29, 1.82) is 0 Å². The van der Waals surface area contributed by atoms with Gasteiger partial charge in [-0.2, -0.15) is 0 Å². The quantitative estimate of drug-likeness (QED) is 0.462. The molecule has 0 aliphatic carbocycles. The largest absolute Gasteiger partial charge is 0.481 e. The van der Waals surface area contributed by atoms with Gasteiger partial charge in [0.15, 0.2) is 10.8 Å². The van der Waals surface area contributed by atoms with E-state index in [9.17, 15) is 22.4 Å². The number of aliphatic carboxylic acids is 1. The molecule has 2 N–H and O–H groups in total. The van der Waals surface area contributed by atoms with E-state index in [1.165, 1.54) is 34.9 Å². The molecule has 1 aromatic carbocycles. The Morgan fingerprint density at radius 2 is 2.05 bits per heavy atom. The number of esters is 1. The molecule has 10 nitrogen and oxygen atoms in total. The zero-order chi connectivity index (χ0) is 26.7. The van der Waals surface area contributed by atoms with Gasteiger partial charge in [-0.3, -0.25) is 9.79 Å². The van der Waals surface area contributed by atoms with E-state index in [-0.39, 0.29) is 29.6 Å². The van der Waals surface area contributed by atoms with E-state index >= 15 is 0 Å². The van der Waals surface area contributed by atoms with E-state index in [0.717, 1.165) is 6.07 Å². The number of rotatable bonds is 8. The number of sulfonamides is 1. The number of benzene rings is 1. The first-order valence-electron chi connectivity index (χ1n) is 11.3. The Kier molecular flexibility index (Phi) is 8.26. The van der Waals surface area contributed by atoms with Crippen molar-refractivity contribution in [2.45, 2.75) is 25.3 Å². The zero-order valence-electron chi connectivity index (χ0n) is 19.7. The number of aliphatic imine (C=N–C) groups is 1. The molecule has 1 saturated heterocycles. The third kappa shape index (κ3) is 6.00. The Morgan fingerprint density at radius 3 is 2.65 bits per heavy atom. The van der Waals surface area contributed by atoms with Crippen molar-refractivity contribution >= 4 is 50.7 Å². The van der Waals surface area contributed by atoms with Crippen LogP contribution in [-0.4, -0.2) is 66.5 Å². The SMILES string of the molecule is COC(=O)C1=C(C2CCN(S(=O)(=O)CCC(=O)O)CC2)NC(c2nccs2)=NC1c1ccc(F)cc1Cl. The van der Waals surface area contributed by atoms with E-state index in [0.29, 0.717) is 34.9 Å². The summed E-state index contributed by atoms with van der Waals surface area (Å²) in [6.45, 7) is 0.301. The molecular formula is C23H24ClFN4O6S2. The van der Waals surface area contributed by atoms with Crippen molar-refractivity contribution in [2.24, 2.45) is 10.9 Å². The molecule has 2 aliphatic rings. The molecule has 1 unspecified atom stereocenters. The van der Waals surface area contributed by atoms with Crippen LogP contribution < -0.4 is 5.32 Å². The summed E-state index contributed by atoms with van der Waals surface area (Å²) in [4.78, 5) is 32.9. The van der Waals surface area contributed by atoms with Crippen LogP contribution in [0.4, 0.5) is 4.39 Å². The Morgan fingerprint density at radius 1 is 1.32 bits per heavy atom. The molecule has 0 radical (unpaired) electrons. The van der Waals surface area contributed by atoms with Crippen molar-refractivity contribution in [2.75, 3.05) is 26.0 Å². The lowest BCUT2D eigenvalue weighted by molar-refractivity contribution is -0.137. The highest BCUT2D eigenvalue weighted by molar-refractivity contribution is 7.89. The van der Waals surface area contributed by atoms with Crippen molar-refractivity contribution < 1.29 is 32.2 Å². The summed E-state index contributed by atoms with van der Waals surface area (Å²) in [5.74, 6) is -2.71. The summed E-state index contributed by atoms with van der Waals surface area (Å²) in [6.07, 6.45) is 1.87. The molecule has 3 heterocycles. The fourth-order valence-electron chi connectivity index (χ4n) is 4.39. The summed E-state index contributed by atoms with van der Waals surface area (Å²) in [6, 6.07) is 2.94. The number of carbonyl (C=O) groups is 2. The number of hydrogen-bond donors (Lipinski definition) is 2. The van der Waals surface area contributed by atoms with Gasteiger partial charge in [0.05, 0.1) is 24.9 Å². The minimum Gasteiger partial charge on any atom is -0.481 e. The summed E-state index contributed by atoms with van der Waals surface area (Å²) in [5.41, 5.74) is 1.12. The normalized spacial score (nSPS) is 19.3. The lowest BCUT2D eigenvalue weighted by atomic mass is 9.86. The third-order valence-electron chi connectivity index (χ3n) is 6.20. The molecule has 198 valence electrons. The topological polar surface area (TPSA) is 138 Å². The average molecular weight is 571 g/mol. The van der Waals surface area contributed by atoms with Crippen LogP contribution in [0, 0.1) is 11.7 Å². The van der Waals surface area contributed by atoms with Crippen molar-refractivity contribution in [3.05, 3.63) is 62.5 Å². The lowest BCUT2D eigenvalue weighted by Gasteiger charge is -2.36. The van der Waals surface area contributed by atoms with E-state index < -0.39 is 46.0 Å². The Labute approximate surface area is 221 Å². The molecule has 0 amide bonds. The van der Waals surface area contributed by atoms with Crippen LogP contribution in [-0.2, 0) is 24.3 Å². The number of nitrogens with zero attached hydrogens (tertiary/aromatic N) is 3. The number of ether oxygens (including phenoxy) is 1. The number of carboxylic acid groups (broad SMARTS) is 1. The fraction of sp³-hybridized carbons (Fsp3) is 0.391. The van der Waals surface area contributed by atoms with Crippen LogP contribution >= 0.6 is 22.9 Å². The molecule has 1 atom stereocenters. The maximum atomic E-state index is 13.8. The van der Waals surface area contributed by atoms with Crippen molar-refractivity contribution in [3.63, 3.8) is 0 Å². The molecule has 0 bridgehead atoms. The van der Waals surface area contributed by atoms with Gasteiger partial charge in [0, 0.05) is 46.9 Å². The fourth-order valence-corrected chi connectivity index (χ4v) is 6.70. The maximum absolute atomic E-state index is 13.8. The van der Waals surface area contributed by atoms with Crippen LogP contribution in [0.15, 0.2) is 46.0 Å². The molecule has 1 aromatic heterocycles. The lowest BCUT2D eigenvalue weighted by Crippen LogP contribution is -2.44. The highest BCUT2D eigenvalue weighted by Gasteiger charge is 2.38. The minimum absolute atomic E-state index is 0.0919. The summed E-state index contributed by atoms with van der Waals surface area (Å²) in [5, 5.41) is 14.5. The van der Waals surface area contributed by atoms with Gasteiger partial charge < -0.3 is 15.2 Å². The predicted octanol–water partition coefficient (Wildman–Crippen LogP) is 2.97. The number of carbonyl (C=O) groups excluding carboxylic acids is 1. The Bertz CT molecular complexity index is 1360. The number of allylic oxidation sites excluding steroid dienone is 1. The van der Waals surface area contributed by atoms with Crippen LogP contribution in [0.2, 0.25) is 5.02 Å². The second-order valence-electron chi connectivity index (χ2n) is 8.46. The third-order valence-corrected chi connectivity index (χ3v) is 9.18. The highest BCUT2D eigenvalue weighted by Crippen LogP contribution is 2.40. The van der Waals surface area contributed by atoms with E-state index in [2.05, 4.69) is 10.3 Å². The molecule has 4 rings (SSSR count). The summed E-state index contributed by atoms with van der Waals surface area (Å²) < 4.78 is 45.3. The van der Waals surface area contributed by atoms with Gasteiger partial charge in [0.1, 0.15) is 11.9 Å². The summed E-state index contributed by atoms with van der Waals surface area (Å²) in [7, 11) is -2.49. The first-order chi connectivity index (χ1) is 17.6. The van der Waals surface area contributed by atoms with E-state index in [4.69, 9.17) is 26.4 Å². The molecule has 0 spiro atoms. The van der Waals surface area contributed by atoms with Crippen molar-refractivity contribution in [3.8, 4) is 0 Å². The van der Waals surface area contributed by atoms with Gasteiger partial charge in [-0.25, -0.2) is 26.9 Å². The maximum Gasteiger partial charge on any atom is 0.338 e. The molecule has 0 saturated carbocycles. The van der Waals surface area contributed by atoms with Crippen LogP contribution in [0.1, 0.15) is 35.9 Å². The minimum atomic E-state index is -3.74. The first kappa shape index (κ1) is 27.2. The van der Waals surface area contributed by atoms with Crippen LogP contribution in [0.25, 0.3) is 0 Å². The molecular weight excluding hydrogens is 547 g/mol. The highest BCUT2D eigenvalue weighted by atomic mass is 35.5. The Hall–Kier alpha value is -2.87. The number of thiazole rings is 1. The number of carboxylic acids is 1. The van der Waals surface area contributed by atoms with Crippen molar-refractivity contribution in [1.82, 2.24) is 14.6 Å². The van der Waals surface area contributed by atoms with Gasteiger partial charge in [0.25, 0.3) is 0 Å². The van der Waals surface area contributed by atoms with Gasteiger partial charge >= 0.3 is 11.9 Å². The van der Waals surface area contributed by atoms with Crippen LogP contribution in [0.5, 0.6) is 0 Å². The van der Waals surface area contributed by atoms with Gasteiger partial charge in [-0.1, -0.05) is 17.7 Å². The molecule has 1 fully saturated rings. The summed E-state index contributed by atoms with van der Waals surface area (Å²) >= 11 is 7.71. The van der Waals surface area contributed by atoms with Gasteiger partial charge in [-0.15, -0.1) is 11.3 Å². The number of hydrogen-bond acceptors (Lipinski definition) is 9. The van der Waals surface area contributed by atoms with E-state index in [1.54, 1.807) is 11.6 Å². The van der Waals surface area contributed by atoms with E-state index in [1.807, 2.05) is 0 Å². The molecule has 2 aliphatic heterocycles. The predicted molar refractivity (Wildman–Crippen MR) is 135 cm³/mol. The molecule has 14 heteroatoms. The number of methoxy groups -OCH3 is 1. The number of piperidine rings is 1. The Balaban J connectivity index is 1.71. The first-order valence-corrected chi connectivity index (χ1v) is 14.2. The number of halogens is 2. The van der Waals surface area contributed by atoms with Gasteiger partial charge in [0.2, 0.25) is 10.0 Å². The monoisotopic (exact) mass is 570 g/mol. The van der Waals surface area contributed by atoms with Gasteiger partial charge in [-0.05, 0) is 25.0 Å². The second kappa shape index (κ2) is 11.3. The smallest absolute Gasteiger partial charge is 0.338 e.